The first-order chi connectivity index (χ1) is 16.4. The van der Waals surface area contributed by atoms with Crippen molar-refractivity contribution in [2.24, 2.45) is 0 Å². The van der Waals surface area contributed by atoms with E-state index in [1.165, 1.54) is 4.68 Å². The first-order valence-corrected chi connectivity index (χ1v) is 11.6. The zero-order chi connectivity index (χ0) is 23.7. The number of rotatable bonds is 7. The van der Waals surface area contributed by atoms with E-state index in [0.717, 1.165) is 44.0 Å². The van der Waals surface area contributed by atoms with Crippen LogP contribution >= 0.6 is 11.3 Å². The Labute approximate surface area is 200 Å². The first-order valence-electron chi connectivity index (χ1n) is 10.7. The van der Waals surface area contributed by atoms with E-state index in [4.69, 9.17) is 5.11 Å². The summed E-state index contributed by atoms with van der Waals surface area (Å²) in [6.07, 6.45) is 3.42. The molecule has 34 heavy (non-hydrogen) atoms. The Morgan fingerprint density at radius 3 is 2.85 bits per heavy atom. The van der Waals surface area contributed by atoms with Crippen molar-refractivity contribution in [2.45, 2.75) is 26.4 Å². The van der Waals surface area contributed by atoms with Crippen LogP contribution in [0.25, 0.3) is 32.6 Å². The van der Waals surface area contributed by atoms with Gasteiger partial charge < -0.3 is 10.4 Å². The standard InChI is InChI=1S/C25H22N6O2S/c1-15(17-4-3-5-18(8-17)20-11-27-31(12-20)13-25(32)33)28-24-10-22(29-16(2)30-24)19-6-7-21-23(9-19)34-14-26-21/h3-12,14-15H,13H2,1-2H3,(H,32,33)(H,28,29,30)/t15-/m0/s1. The largest absolute Gasteiger partial charge is 0.480 e. The highest BCUT2D eigenvalue weighted by atomic mass is 32.1. The number of fused-ring (bicyclic) bond motifs is 1. The summed E-state index contributed by atoms with van der Waals surface area (Å²) in [5.41, 5.74) is 7.64. The molecule has 0 aliphatic rings. The van der Waals surface area contributed by atoms with Crippen LogP contribution in [0, 0.1) is 6.92 Å². The average Bonchev–Trinajstić information content (AvgIpc) is 3.47. The molecule has 0 amide bonds. The van der Waals surface area contributed by atoms with Crippen molar-refractivity contribution in [1.82, 2.24) is 24.7 Å². The molecule has 0 bridgehead atoms. The SMILES string of the molecule is Cc1nc(N[C@@H](C)c2cccc(-c3cnn(CC(=O)O)c3)c2)cc(-c2ccc3ncsc3c2)n1. The molecule has 3 aromatic heterocycles. The molecule has 5 aromatic rings. The van der Waals surface area contributed by atoms with E-state index in [-0.39, 0.29) is 12.6 Å². The molecule has 170 valence electrons. The fraction of sp³-hybridized carbons (Fsp3) is 0.160. The van der Waals surface area contributed by atoms with E-state index >= 15 is 0 Å². The Hall–Kier alpha value is -4.11. The van der Waals surface area contributed by atoms with Crippen LogP contribution in [0.1, 0.15) is 24.4 Å². The third-order valence-electron chi connectivity index (χ3n) is 5.48. The van der Waals surface area contributed by atoms with Gasteiger partial charge in [0.05, 0.1) is 27.6 Å². The van der Waals surface area contributed by atoms with Gasteiger partial charge in [-0.3, -0.25) is 9.48 Å². The number of hydrogen-bond acceptors (Lipinski definition) is 7. The van der Waals surface area contributed by atoms with E-state index in [9.17, 15) is 4.79 Å². The van der Waals surface area contributed by atoms with Gasteiger partial charge in [0.15, 0.2) is 0 Å². The maximum atomic E-state index is 10.9. The fourth-order valence-corrected chi connectivity index (χ4v) is 4.55. The molecule has 9 heteroatoms. The van der Waals surface area contributed by atoms with Gasteiger partial charge in [0.1, 0.15) is 18.2 Å². The number of carboxylic acid groups (broad SMARTS) is 1. The normalized spacial score (nSPS) is 12.1. The number of carbonyl (C=O) groups is 1. The topological polar surface area (TPSA) is 106 Å². The molecule has 0 unspecified atom stereocenters. The van der Waals surface area contributed by atoms with Crippen LogP contribution < -0.4 is 5.32 Å². The number of aromatic nitrogens is 5. The molecule has 1 atom stereocenters. The van der Waals surface area contributed by atoms with Gasteiger partial charge >= 0.3 is 5.97 Å². The minimum atomic E-state index is -0.923. The molecular formula is C25H22N6O2S. The first kappa shape index (κ1) is 21.7. The minimum absolute atomic E-state index is 0.0138. The van der Waals surface area contributed by atoms with Gasteiger partial charge in [-0.15, -0.1) is 11.3 Å². The third-order valence-corrected chi connectivity index (χ3v) is 6.27. The van der Waals surface area contributed by atoms with Crippen LogP contribution in [0.5, 0.6) is 0 Å². The molecule has 0 spiro atoms. The number of anilines is 1. The summed E-state index contributed by atoms with van der Waals surface area (Å²) in [5.74, 6) is 0.517. The summed E-state index contributed by atoms with van der Waals surface area (Å²) >= 11 is 1.61. The molecular weight excluding hydrogens is 448 g/mol. The molecule has 3 heterocycles. The van der Waals surface area contributed by atoms with Crippen molar-refractivity contribution >= 4 is 33.3 Å². The van der Waals surface area contributed by atoms with Crippen molar-refractivity contribution in [3.8, 4) is 22.4 Å². The lowest BCUT2D eigenvalue weighted by molar-refractivity contribution is -0.137. The molecule has 2 aromatic carbocycles. The molecule has 0 aliphatic carbocycles. The lowest BCUT2D eigenvalue weighted by atomic mass is 10.0. The summed E-state index contributed by atoms with van der Waals surface area (Å²) in [6.45, 7) is 3.80. The molecule has 0 fully saturated rings. The Balaban J connectivity index is 1.38. The van der Waals surface area contributed by atoms with Gasteiger partial charge in [-0.05, 0) is 43.2 Å². The highest BCUT2D eigenvalue weighted by molar-refractivity contribution is 7.16. The summed E-state index contributed by atoms with van der Waals surface area (Å²) in [7, 11) is 0. The minimum Gasteiger partial charge on any atom is -0.480 e. The second-order valence-corrected chi connectivity index (χ2v) is 8.92. The Morgan fingerprint density at radius 2 is 2.00 bits per heavy atom. The monoisotopic (exact) mass is 470 g/mol. The zero-order valence-electron chi connectivity index (χ0n) is 18.6. The van der Waals surface area contributed by atoms with Crippen molar-refractivity contribution < 1.29 is 9.90 Å². The zero-order valence-corrected chi connectivity index (χ0v) is 19.5. The number of aryl methyl sites for hydroxylation is 1. The molecule has 0 aliphatic heterocycles. The van der Waals surface area contributed by atoms with Crippen LogP contribution in [0.2, 0.25) is 0 Å². The molecule has 0 radical (unpaired) electrons. The maximum Gasteiger partial charge on any atom is 0.325 e. The van der Waals surface area contributed by atoms with E-state index in [1.54, 1.807) is 23.7 Å². The second-order valence-electron chi connectivity index (χ2n) is 8.03. The quantitative estimate of drug-likeness (QED) is 0.337. The van der Waals surface area contributed by atoms with Gasteiger partial charge in [-0.1, -0.05) is 24.3 Å². The van der Waals surface area contributed by atoms with Crippen molar-refractivity contribution in [2.75, 3.05) is 5.32 Å². The number of carboxylic acids is 1. The predicted molar refractivity (Wildman–Crippen MR) is 133 cm³/mol. The van der Waals surface area contributed by atoms with Crippen molar-refractivity contribution in [3.63, 3.8) is 0 Å². The van der Waals surface area contributed by atoms with Crippen molar-refractivity contribution in [3.05, 3.63) is 77.8 Å². The summed E-state index contributed by atoms with van der Waals surface area (Å²) in [4.78, 5) is 24.5. The van der Waals surface area contributed by atoms with E-state index in [0.29, 0.717) is 5.82 Å². The lowest BCUT2D eigenvalue weighted by Gasteiger charge is -2.17. The third kappa shape index (κ3) is 4.65. The summed E-state index contributed by atoms with van der Waals surface area (Å²) < 4.78 is 2.54. The van der Waals surface area contributed by atoms with Gasteiger partial charge in [-0.25, -0.2) is 15.0 Å². The molecule has 0 saturated carbocycles. The molecule has 2 N–H and O–H groups in total. The molecule has 0 saturated heterocycles. The number of benzene rings is 2. The maximum absolute atomic E-state index is 10.9. The van der Waals surface area contributed by atoms with Gasteiger partial charge in [-0.2, -0.15) is 5.10 Å². The van der Waals surface area contributed by atoms with Gasteiger partial charge in [0.2, 0.25) is 0 Å². The number of nitrogens with zero attached hydrogens (tertiary/aromatic N) is 5. The van der Waals surface area contributed by atoms with Crippen LogP contribution in [-0.4, -0.2) is 35.8 Å². The summed E-state index contributed by atoms with van der Waals surface area (Å²) in [6, 6.07) is 16.2. The number of hydrogen-bond donors (Lipinski definition) is 2. The number of thiazole rings is 1. The predicted octanol–water partition coefficient (Wildman–Crippen LogP) is 5.18. The van der Waals surface area contributed by atoms with Gasteiger partial charge in [0, 0.05) is 29.4 Å². The van der Waals surface area contributed by atoms with Crippen LogP contribution in [0.15, 0.2) is 66.4 Å². The van der Waals surface area contributed by atoms with E-state index in [1.807, 2.05) is 42.8 Å². The number of nitrogens with one attached hydrogen (secondary N) is 1. The van der Waals surface area contributed by atoms with Crippen LogP contribution in [-0.2, 0) is 11.3 Å². The summed E-state index contributed by atoms with van der Waals surface area (Å²) in [5, 5.41) is 16.6. The fourth-order valence-electron chi connectivity index (χ4n) is 3.83. The Morgan fingerprint density at radius 1 is 1.12 bits per heavy atom. The lowest BCUT2D eigenvalue weighted by Crippen LogP contribution is -2.09. The van der Waals surface area contributed by atoms with Gasteiger partial charge in [0.25, 0.3) is 0 Å². The van der Waals surface area contributed by atoms with Crippen LogP contribution in [0.4, 0.5) is 5.82 Å². The van der Waals surface area contributed by atoms with E-state index < -0.39 is 5.97 Å². The van der Waals surface area contributed by atoms with E-state index in [2.05, 4.69) is 50.5 Å². The highest BCUT2D eigenvalue weighted by Gasteiger charge is 2.12. The van der Waals surface area contributed by atoms with Crippen LogP contribution in [0.3, 0.4) is 0 Å². The second kappa shape index (κ2) is 9.03. The average molecular weight is 471 g/mol. The Kier molecular flexibility index (Phi) is 5.77. The molecule has 5 rings (SSSR count). The Bertz CT molecular complexity index is 1490. The highest BCUT2D eigenvalue weighted by Crippen LogP contribution is 2.28. The van der Waals surface area contributed by atoms with Crippen molar-refractivity contribution in [1.29, 1.82) is 0 Å². The smallest absolute Gasteiger partial charge is 0.325 e. The number of aliphatic carboxylic acids is 1. The molecule has 8 nitrogen and oxygen atoms in total.